The molecule has 19 aromatic carbocycles. The summed E-state index contributed by atoms with van der Waals surface area (Å²) in [4.78, 5) is 89.3. The van der Waals surface area contributed by atoms with Gasteiger partial charge in [0.2, 0.25) is 0 Å². The van der Waals surface area contributed by atoms with E-state index < -0.39 is 0 Å². The molecule has 0 saturated carbocycles. The summed E-state index contributed by atoms with van der Waals surface area (Å²) >= 11 is 0. The number of amides is 6. The maximum Gasteiger partial charge on any atom is 0.268 e. The van der Waals surface area contributed by atoms with E-state index in [4.69, 9.17) is 0 Å². The molecule has 0 atom stereocenters. The first-order valence-corrected chi connectivity index (χ1v) is 45.6. The smallest absolute Gasteiger partial charge is 0.268 e. The molecule has 0 saturated heterocycles. The molecule has 3 aromatic heterocycles. The fourth-order valence-electron chi connectivity index (χ4n) is 20.1. The SMILES string of the molecule is Cc1ccc(-c2ccc3c4ccccc4n(-c4cccc5c4C(=O)N(c4cccc(-c6ccccc6)c4)C5=O)c3c2)cc1.Cc1ccc(-c2cccc3c4cccc(-c5ccc(C)cc5)c4n(-c4cccc5c4C(=O)N(c4cccc(-c6ccccc6)c4)C5=O)c23)cc1.Cc1ccc(-c2cccc3c4ccccc4n(-c4cccc5c4C(=O)N(c4cccc(-c6ccccc6)c4)C5=O)c23)cc1. The number of aromatic nitrogens is 3. The number of para-hydroxylation sites is 5. The highest BCUT2D eigenvalue weighted by atomic mass is 16.2. The van der Waals surface area contributed by atoms with Gasteiger partial charge in [-0.2, -0.15) is 0 Å². The Morgan fingerprint density at radius 1 is 0.162 bits per heavy atom. The van der Waals surface area contributed by atoms with Gasteiger partial charge < -0.3 is 13.7 Å². The molecule has 646 valence electrons. The molecule has 0 fully saturated rings. The molecule has 0 bridgehead atoms. The van der Waals surface area contributed by atoms with Crippen molar-refractivity contribution in [1.82, 2.24) is 13.7 Å². The van der Waals surface area contributed by atoms with Crippen molar-refractivity contribution >= 4 is 118 Å². The van der Waals surface area contributed by atoms with Crippen LogP contribution in [0.15, 0.2) is 437 Å². The highest BCUT2D eigenvalue weighted by molar-refractivity contribution is 6.38. The number of carbonyl (C=O) groups excluding carboxylic acids is 6. The summed E-state index contributed by atoms with van der Waals surface area (Å²) in [7, 11) is 0. The topological polar surface area (TPSA) is 127 Å². The van der Waals surface area contributed by atoms with Gasteiger partial charge in [-0.05, 0) is 180 Å². The number of carbonyl (C=O) groups is 6. The van der Waals surface area contributed by atoms with Crippen molar-refractivity contribution < 1.29 is 28.8 Å². The number of aryl methyl sites for hydroxylation is 4. The number of hydrogen-bond donors (Lipinski definition) is 0. The maximum absolute atomic E-state index is 14.7. The molecule has 6 heterocycles. The summed E-state index contributed by atoms with van der Waals surface area (Å²) in [5.41, 5.74) is 31.4. The molecule has 0 spiro atoms. The van der Waals surface area contributed by atoms with E-state index >= 15 is 0 Å². The lowest BCUT2D eigenvalue weighted by molar-refractivity contribution is 0.0910. The van der Waals surface area contributed by atoms with Gasteiger partial charge in [0.05, 0.1) is 101 Å². The normalized spacial score (nSPS) is 12.8. The third-order valence-corrected chi connectivity index (χ3v) is 26.7. The number of hydrogen-bond acceptors (Lipinski definition) is 6. The van der Waals surface area contributed by atoms with Gasteiger partial charge in [0, 0.05) is 49.0 Å². The van der Waals surface area contributed by atoms with E-state index in [1.165, 1.54) is 37.0 Å². The van der Waals surface area contributed by atoms with Gasteiger partial charge in [-0.1, -0.05) is 368 Å². The Bertz CT molecular complexity index is 8590. The highest BCUT2D eigenvalue weighted by Crippen LogP contribution is 2.48. The van der Waals surface area contributed by atoms with Crippen LogP contribution in [0, 0.1) is 27.7 Å². The van der Waals surface area contributed by atoms with Gasteiger partial charge >= 0.3 is 0 Å². The van der Waals surface area contributed by atoms with E-state index in [2.05, 4.69) is 236 Å². The van der Waals surface area contributed by atoms with E-state index in [9.17, 15) is 28.8 Å². The quantitative estimate of drug-likeness (QED) is 0.106. The third kappa shape index (κ3) is 14.0. The Morgan fingerprint density at radius 3 is 0.794 bits per heavy atom. The van der Waals surface area contributed by atoms with Crippen LogP contribution in [0.4, 0.5) is 17.1 Å². The van der Waals surface area contributed by atoms with E-state index in [0.717, 1.165) is 143 Å². The average molecular weight is 1750 g/mol. The van der Waals surface area contributed by atoms with Gasteiger partial charge in [0.25, 0.3) is 35.4 Å². The second-order valence-electron chi connectivity index (χ2n) is 35.0. The van der Waals surface area contributed by atoms with E-state index in [1.54, 1.807) is 18.2 Å². The Morgan fingerprint density at radius 2 is 0.412 bits per heavy atom. The fourth-order valence-corrected chi connectivity index (χ4v) is 20.1. The van der Waals surface area contributed by atoms with Crippen LogP contribution < -0.4 is 14.7 Å². The number of fused-ring (bicyclic) bond motifs is 12. The first kappa shape index (κ1) is 82.4. The van der Waals surface area contributed by atoms with Crippen LogP contribution in [0.5, 0.6) is 0 Å². The van der Waals surface area contributed by atoms with Gasteiger partial charge in [0.15, 0.2) is 0 Å². The number of rotatable bonds is 13. The third-order valence-electron chi connectivity index (χ3n) is 26.7. The van der Waals surface area contributed by atoms with Gasteiger partial charge in [0.1, 0.15) is 0 Å². The molecule has 22 aromatic rings. The molecule has 12 heteroatoms. The molecule has 0 N–H and O–H groups in total. The molecule has 12 nitrogen and oxygen atoms in total. The highest BCUT2D eigenvalue weighted by Gasteiger charge is 2.43. The largest absolute Gasteiger partial charge is 0.308 e. The lowest BCUT2D eigenvalue weighted by atomic mass is 9.99. The molecular weight excluding hydrogens is 1670 g/mol. The predicted octanol–water partition coefficient (Wildman–Crippen LogP) is 29.7. The zero-order chi connectivity index (χ0) is 92.1. The summed E-state index contributed by atoms with van der Waals surface area (Å²) in [6, 6.07) is 146. The molecular formula is C124H84N6O6. The Labute approximate surface area is 785 Å². The van der Waals surface area contributed by atoms with Gasteiger partial charge in [-0.3, -0.25) is 28.8 Å². The van der Waals surface area contributed by atoms with Crippen molar-refractivity contribution in [3.63, 3.8) is 0 Å². The zero-order valence-corrected chi connectivity index (χ0v) is 74.7. The predicted molar refractivity (Wildman–Crippen MR) is 552 cm³/mol. The second kappa shape index (κ2) is 33.7. The van der Waals surface area contributed by atoms with Gasteiger partial charge in [-0.15, -0.1) is 0 Å². The van der Waals surface area contributed by atoms with Crippen LogP contribution in [-0.4, -0.2) is 49.1 Å². The Hall–Kier alpha value is -18.0. The molecule has 0 unspecified atom stereocenters. The zero-order valence-electron chi connectivity index (χ0n) is 74.7. The number of imide groups is 3. The first-order valence-electron chi connectivity index (χ1n) is 45.6. The fraction of sp³-hybridized carbons (Fsp3) is 0.0323. The summed E-state index contributed by atoms with van der Waals surface area (Å²) in [6.45, 7) is 8.34. The van der Waals surface area contributed by atoms with Crippen molar-refractivity contribution in [3.05, 3.63) is 492 Å². The standard InChI is InChI=1S/C46H32N2O2.2C39H26N2O2/c1-29-20-24-32(25-21-29)36-14-7-16-38-39-17-8-15-37(33-26-22-30(2)23-27-33)44(39)48(43(36)38)41-19-9-18-40-42(41)46(50)47(45(40)49)35-13-6-12-34(28-35)31-10-4-3-5-11-31;1-25-20-22-27(23-21-25)30-15-8-16-32-31-14-5-6-18-34(31)41(37(30)32)35-19-9-17-33-36(35)39(43)40(38(33)42)29-13-7-12-28(24-29)26-10-3-2-4-11-26;1-25-17-19-27(20-18-25)29-21-22-32-31-13-5-6-15-34(31)41(36(32)24-29)35-16-8-14-33-37(35)39(43)40(38(33)42)30-12-7-11-28(23-30)26-9-3-2-4-10-26/h3-28H,1-2H3;2*2-24H,1H3. The molecule has 3 aliphatic heterocycles. The molecule has 6 amide bonds. The Balaban J connectivity index is 0.000000115. The van der Waals surface area contributed by atoms with Crippen molar-refractivity contribution in [2.24, 2.45) is 0 Å². The van der Waals surface area contributed by atoms with Crippen LogP contribution in [0.25, 0.3) is 160 Å². The minimum Gasteiger partial charge on any atom is -0.308 e. The minimum atomic E-state index is -0.332. The number of nitrogens with zero attached hydrogens (tertiary/aromatic N) is 6. The average Bonchev–Trinajstić information content (AvgIpc) is 1.55. The van der Waals surface area contributed by atoms with Crippen LogP contribution in [-0.2, 0) is 0 Å². The summed E-state index contributed by atoms with van der Waals surface area (Å²) in [5, 5.41) is 6.52. The van der Waals surface area contributed by atoms with Crippen LogP contribution in [0.3, 0.4) is 0 Å². The van der Waals surface area contributed by atoms with E-state index in [-0.39, 0.29) is 35.4 Å². The lowest BCUT2D eigenvalue weighted by Crippen LogP contribution is -2.29. The molecule has 25 rings (SSSR count). The summed E-state index contributed by atoms with van der Waals surface area (Å²) < 4.78 is 6.52. The van der Waals surface area contributed by atoms with Crippen molar-refractivity contribution in [2.45, 2.75) is 27.7 Å². The van der Waals surface area contributed by atoms with Crippen LogP contribution in [0.1, 0.15) is 84.4 Å². The lowest BCUT2D eigenvalue weighted by Gasteiger charge is -2.17. The van der Waals surface area contributed by atoms with Crippen LogP contribution >= 0.6 is 0 Å². The summed E-state index contributed by atoms with van der Waals surface area (Å²) in [6.07, 6.45) is 0. The Kier molecular flexibility index (Phi) is 20.4. The summed E-state index contributed by atoms with van der Waals surface area (Å²) in [5.74, 6) is -1.92. The second-order valence-corrected chi connectivity index (χ2v) is 35.0. The minimum absolute atomic E-state index is 0.312. The van der Waals surface area contributed by atoms with E-state index in [1.807, 2.05) is 224 Å². The molecule has 0 aliphatic carbocycles. The molecule has 136 heavy (non-hydrogen) atoms. The molecule has 3 aliphatic rings. The van der Waals surface area contributed by atoms with Crippen LogP contribution in [0.2, 0.25) is 0 Å². The van der Waals surface area contributed by atoms with E-state index in [0.29, 0.717) is 67.5 Å². The number of anilines is 3. The van der Waals surface area contributed by atoms with Crippen molar-refractivity contribution in [3.8, 4) is 95.0 Å². The van der Waals surface area contributed by atoms with Gasteiger partial charge in [-0.25, -0.2) is 14.7 Å². The number of benzene rings is 19. The molecule has 0 radical (unpaired) electrons. The first-order chi connectivity index (χ1) is 66.7. The van der Waals surface area contributed by atoms with Crippen molar-refractivity contribution in [1.29, 1.82) is 0 Å². The monoisotopic (exact) mass is 1750 g/mol. The maximum atomic E-state index is 14.7. The van der Waals surface area contributed by atoms with Crippen molar-refractivity contribution in [2.75, 3.05) is 14.7 Å².